The number of amides is 1. The van der Waals surface area contributed by atoms with Gasteiger partial charge in [0.15, 0.2) is 0 Å². The first-order chi connectivity index (χ1) is 10.6. The highest BCUT2D eigenvalue weighted by molar-refractivity contribution is 5.98. The van der Waals surface area contributed by atoms with Gasteiger partial charge >= 0.3 is 0 Å². The Bertz CT molecular complexity index is 591. The van der Waals surface area contributed by atoms with Crippen LogP contribution in [0.2, 0.25) is 0 Å². The Morgan fingerprint density at radius 2 is 1.95 bits per heavy atom. The van der Waals surface area contributed by atoms with Crippen LogP contribution in [0.25, 0.3) is 0 Å². The number of carbonyl (C=O) groups is 1. The molecule has 3 heteroatoms. The molecule has 2 atom stereocenters. The van der Waals surface area contributed by atoms with Crippen LogP contribution in [0.15, 0.2) is 18.2 Å². The topological polar surface area (TPSA) is 23.6 Å². The molecule has 0 N–H and O–H groups in total. The molecule has 2 heterocycles. The summed E-state index contributed by atoms with van der Waals surface area (Å²) in [6, 6.07) is 7.06. The van der Waals surface area contributed by atoms with Crippen molar-refractivity contribution in [1.29, 1.82) is 0 Å². The summed E-state index contributed by atoms with van der Waals surface area (Å²) in [6.45, 7) is 4.33. The van der Waals surface area contributed by atoms with E-state index < -0.39 is 0 Å². The number of hydrogen-bond acceptors (Lipinski definition) is 2. The minimum atomic E-state index is 0.271. The molecule has 118 valence electrons. The van der Waals surface area contributed by atoms with Crippen molar-refractivity contribution in [2.45, 2.75) is 51.0 Å². The van der Waals surface area contributed by atoms with Gasteiger partial charge in [-0.1, -0.05) is 30.5 Å². The second-order valence-corrected chi connectivity index (χ2v) is 7.48. The number of fused-ring (bicyclic) bond motifs is 3. The van der Waals surface area contributed by atoms with Gasteiger partial charge in [0.1, 0.15) is 0 Å². The average Bonchev–Trinajstić information content (AvgIpc) is 3.13. The highest BCUT2D eigenvalue weighted by Crippen LogP contribution is 2.46. The summed E-state index contributed by atoms with van der Waals surface area (Å²) in [5, 5.41) is 0. The van der Waals surface area contributed by atoms with E-state index in [1.807, 2.05) is 0 Å². The summed E-state index contributed by atoms with van der Waals surface area (Å²) >= 11 is 0. The Morgan fingerprint density at radius 3 is 2.73 bits per heavy atom. The lowest BCUT2D eigenvalue weighted by Gasteiger charge is -2.37. The van der Waals surface area contributed by atoms with Gasteiger partial charge in [-0.15, -0.1) is 0 Å². The zero-order chi connectivity index (χ0) is 15.3. The van der Waals surface area contributed by atoms with Gasteiger partial charge in [0.25, 0.3) is 0 Å². The molecule has 4 rings (SSSR count). The second kappa shape index (κ2) is 5.38. The number of carbonyl (C=O) groups excluding carboxylic acids is 1. The summed E-state index contributed by atoms with van der Waals surface area (Å²) in [6.07, 6.45) is 5.73. The number of anilines is 1. The summed E-state index contributed by atoms with van der Waals surface area (Å²) in [5.41, 5.74) is 3.91. The standard InChI is InChI=1S/C19H26N2O/c1-13-7-8-17-15(11-13)16-12-20(2)10-9-18(16)21(17)19(22)14-5-3-4-6-14/h7-8,11,14,16,18H,3-6,9-10,12H2,1-2H3/t16-,18+/m1/s1. The van der Waals surface area contributed by atoms with Crippen LogP contribution < -0.4 is 4.90 Å². The first-order valence-corrected chi connectivity index (χ1v) is 8.77. The van der Waals surface area contributed by atoms with Gasteiger partial charge in [-0.3, -0.25) is 4.79 Å². The predicted octanol–water partition coefficient (Wildman–Crippen LogP) is 3.32. The van der Waals surface area contributed by atoms with Crippen molar-refractivity contribution in [1.82, 2.24) is 4.90 Å². The Labute approximate surface area is 133 Å². The first-order valence-electron chi connectivity index (χ1n) is 8.77. The summed E-state index contributed by atoms with van der Waals surface area (Å²) in [5.74, 6) is 1.17. The van der Waals surface area contributed by atoms with Crippen LogP contribution in [0.3, 0.4) is 0 Å². The van der Waals surface area contributed by atoms with Crippen LogP contribution in [0, 0.1) is 12.8 Å². The monoisotopic (exact) mass is 298 g/mol. The molecular formula is C19H26N2O. The number of aryl methyl sites for hydroxylation is 1. The van der Waals surface area contributed by atoms with E-state index in [1.54, 1.807) is 0 Å². The van der Waals surface area contributed by atoms with Crippen molar-refractivity contribution >= 4 is 11.6 Å². The molecule has 22 heavy (non-hydrogen) atoms. The summed E-state index contributed by atoms with van der Waals surface area (Å²) < 4.78 is 0. The van der Waals surface area contributed by atoms with E-state index in [0.717, 1.165) is 32.4 Å². The zero-order valence-electron chi connectivity index (χ0n) is 13.7. The number of hydrogen-bond donors (Lipinski definition) is 0. The van der Waals surface area contributed by atoms with Crippen LogP contribution >= 0.6 is 0 Å². The normalized spacial score (nSPS) is 28.7. The van der Waals surface area contributed by atoms with Crippen LogP contribution in [0.4, 0.5) is 5.69 Å². The fraction of sp³-hybridized carbons (Fsp3) is 0.632. The van der Waals surface area contributed by atoms with E-state index in [1.165, 1.54) is 29.7 Å². The predicted molar refractivity (Wildman–Crippen MR) is 89.3 cm³/mol. The van der Waals surface area contributed by atoms with Gasteiger partial charge in [0, 0.05) is 30.1 Å². The maximum absolute atomic E-state index is 13.1. The van der Waals surface area contributed by atoms with Gasteiger partial charge in [0.05, 0.1) is 0 Å². The Balaban J connectivity index is 1.73. The number of likely N-dealkylation sites (N-methyl/N-ethyl adjacent to an activating group) is 1. The minimum Gasteiger partial charge on any atom is -0.308 e. The minimum absolute atomic E-state index is 0.271. The molecule has 3 nitrogen and oxygen atoms in total. The molecule has 3 aliphatic rings. The van der Waals surface area contributed by atoms with E-state index in [9.17, 15) is 4.79 Å². The lowest BCUT2D eigenvalue weighted by atomic mass is 9.88. The van der Waals surface area contributed by atoms with Crippen molar-refractivity contribution in [3.63, 3.8) is 0 Å². The molecule has 1 saturated heterocycles. The number of benzene rings is 1. The molecule has 1 saturated carbocycles. The molecule has 1 aliphatic carbocycles. The van der Waals surface area contributed by atoms with E-state index in [2.05, 4.69) is 42.0 Å². The first kappa shape index (κ1) is 14.3. The molecule has 0 spiro atoms. The van der Waals surface area contributed by atoms with Crippen molar-refractivity contribution in [3.05, 3.63) is 29.3 Å². The molecule has 0 bridgehead atoms. The maximum atomic E-state index is 13.1. The lowest BCUT2D eigenvalue weighted by Crippen LogP contribution is -2.48. The van der Waals surface area contributed by atoms with Gasteiger partial charge in [-0.25, -0.2) is 0 Å². The van der Waals surface area contributed by atoms with E-state index in [4.69, 9.17) is 0 Å². The summed E-state index contributed by atoms with van der Waals surface area (Å²) in [7, 11) is 2.20. The lowest BCUT2D eigenvalue weighted by molar-refractivity contribution is -0.122. The third-order valence-corrected chi connectivity index (χ3v) is 5.89. The molecule has 0 unspecified atom stereocenters. The van der Waals surface area contributed by atoms with E-state index in [-0.39, 0.29) is 5.92 Å². The van der Waals surface area contributed by atoms with Crippen molar-refractivity contribution in [2.75, 3.05) is 25.0 Å². The number of likely N-dealkylation sites (tertiary alicyclic amines) is 1. The van der Waals surface area contributed by atoms with Crippen molar-refractivity contribution in [3.8, 4) is 0 Å². The molecule has 1 aromatic carbocycles. The maximum Gasteiger partial charge on any atom is 0.230 e. The fourth-order valence-electron chi connectivity index (χ4n) is 4.74. The third kappa shape index (κ3) is 2.18. The van der Waals surface area contributed by atoms with Gasteiger partial charge in [0.2, 0.25) is 5.91 Å². The Kier molecular flexibility index (Phi) is 3.48. The van der Waals surface area contributed by atoms with Crippen LogP contribution in [-0.4, -0.2) is 37.0 Å². The fourth-order valence-corrected chi connectivity index (χ4v) is 4.74. The number of nitrogens with zero attached hydrogens (tertiary/aromatic N) is 2. The third-order valence-electron chi connectivity index (χ3n) is 5.89. The van der Waals surface area contributed by atoms with Crippen LogP contribution in [0.5, 0.6) is 0 Å². The second-order valence-electron chi connectivity index (χ2n) is 7.48. The van der Waals surface area contributed by atoms with Gasteiger partial charge < -0.3 is 9.80 Å². The average molecular weight is 298 g/mol. The van der Waals surface area contributed by atoms with Crippen LogP contribution in [0.1, 0.15) is 49.1 Å². The SMILES string of the molecule is Cc1ccc2c(c1)[C@H]1CN(C)CC[C@@H]1N2C(=O)C1CCCC1. The largest absolute Gasteiger partial charge is 0.308 e. The van der Waals surface area contributed by atoms with E-state index >= 15 is 0 Å². The number of piperidine rings is 1. The quantitative estimate of drug-likeness (QED) is 0.794. The Morgan fingerprint density at radius 1 is 1.18 bits per heavy atom. The van der Waals surface area contributed by atoms with Gasteiger partial charge in [-0.05, 0) is 51.4 Å². The molecule has 2 fully saturated rings. The molecule has 0 radical (unpaired) electrons. The van der Waals surface area contributed by atoms with Crippen molar-refractivity contribution < 1.29 is 4.79 Å². The van der Waals surface area contributed by atoms with Gasteiger partial charge in [-0.2, -0.15) is 0 Å². The molecular weight excluding hydrogens is 272 g/mol. The smallest absolute Gasteiger partial charge is 0.230 e. The van der Waals surface area contributed by atoms with E-state index in [0.29, 0.717) is 17.9 Å². The Hall–Kier alpha value is -1.35. The molecule has 1 amide bonds. The highest BCUT2D eigenvalue weighted by atomic mass is 16.2. The number of rotatable bonds is 1. The zero-order valence-corrected chi connectivity index (χ0v) is 13.7. The molecule has 1 aromatic rings. The highest BCUT2D eigenvalue weighted by Gasteiger charge is 2.45. The van der Waals surface area contributed by atoms with Crippen LogP contribution in [-0.2, 0) is 4.79 Å². The molecule has 2 aliphatic heterocycles. The summed E-state index contributed by atoms with van der Waals surface area (Å²) in [4.78, 5) is 17.8. The molecule has 0 aromatic heterocycles. The van der Waals surface area contributed by atoms with Crippen molar-refractivity contribution in [2.24, 2.45) is 5.92 Å².